The summed E-state index contributed by atoms with van der Waals surface area (Å²) in [5.41, 5.74) is -2.00. The molecule has 0 spiro atoms. The molecule has 2 N–H and O–H groups in total. The molecule has 1 rings (SSSR count). The fourth-order valence-corrected chi connectivity index (χ4v) is 1.11. The van der Waals surface area contributed by atoms with E-state index in [0.29, 0.717) is 6.20 Å². The number of nitrogens with one attached hydrogen (secondary N) is 1. The Morgan fingerprint density at radius 3 is 2.40 bits per heavy atom. The van der Waals surface area contributed by atoms with Crippen LogP contribution in [0.25, 0.3) is 0 Å². The minimum atomic E-state index is -5.13. The summed E-state index contributed by atoms with van der Waals surface area (Å²) in [7, 11) is 0. The van der Waals surface area contributed by atoms with Crippen molar-refractivity contribution in [2.24, 2.45) is 0 Å². The third kappa shape index (κ3) is 3.83. The van der Waals surface area contributed by atoms with E-state index in [9.17, 15) is 31.5 Å². The van der Waals surface area contributed by atoms with E-state index in [1.54, 1.807) is 0 Å². The first kappa shape index (κ1) is 15.7. The fourth-order valence-electron chi connectivity index (χ4n) is 1.11. The van der Waals surface area contributed by atoms with E-state index in [4.69, 9.17) is 5.11 Å². The molecule has 0 saturated carbocycles. The second-order valence-corrected chi connectivity index (χ2v) is 3.37. The van der Waals surface area contributed by atoms with Crippen LogP contribution in [0.1, 0.15) is 28.3 Å². The van der Waals surface area contributed by atoms with Crippen LogP contribution < -0.4 is 5.32 Å². The Bertz CT molecular complexity index is 532. The molecule has 0 unspecified atom stereocenters. The van der Waals surface area contributed by atoms with Gasteiger partial charge >= 0.3 is 18.1 Å². The molecule has 11 heteroatoms. The summed E-state index contributed by atoms with van der Waals surface area (Å²) in [6.07, 6.45) is -7.85. The molecule has 0 aromatic carbocycles. The van der Waals surface area contributed by atoms with Gasteiger partial charge in [0.1, 0.15) is 17.1 Å². The van der Waals surface area contributed by atoms with Crippen molar-refractivity contribution in [1.82, 2.24) is 15.3 Å². The van der Waals surface area contributed by atoms with Crippen LogP contribution in [0, 0.1) is 0 Å². The maximum Gasteiger partial charge on any atom is 0.471 e. The van der Waals surface area contributed by atoms with Gasteiger partial charge in [0.15, 0.2) is 0 Å². The highest BCUT2D eigenvalue weighted by Gasteiger charge is 2.38. The van der Waals surface area contributed by atoms with Gasteiger partial charge in [-0.25, -0.2) is 23.5 Å². The minimum absolute atomic E-state index is 0.534. The van der Waals surface area contributed by atoms with Gasteiger partial charge in [0, 0.05) is 6.20 Å². The molecule has 0 aliphatic heterocycles. The molecular weight excluding hydrogens is 293 g/mol. The second kappa shape index (κ2) is 5.75. The highest BCUT2D eigenvalue weighted by molar-refractivity contribution is 5.88. The maximum absolute atomic E-state index is 12.5. The first-order chi connectivity index (χ1) is 9.12. The lowest BCUT2D eigenvalue weighted by atomic mass is 10.2. The molecule has 1 aromatic rings. The van der Waals surface area contributed by atoms with E-state index in [2.05, 4.69) is 9.97 Å². The summed E-state index contributed by atoms with van der Waals surface area (Å²) < 4.78 is 60.7. The molecule has 1 heterocycles. The molecule has 0 aliphatic rings. The number of hydrogen-bond donors (Lipinski definition) is 2. The number of halogens is 5. The highest BCUT2D eigenvalue weighted by atomic mass is 19.4. The van der Waals surface area contributed by atoms with Crippen molar-refractivity contribution >= 4 is 11.9 Å². The van der Waals surface area contributed by atoms with Crippen LogP contribution in [0.15, 0.2) is 6.20 Å². The van der Waals surface area contributed by atoms with Crippen molar-refractivity contribution in [3.05, 3.63) is 23.3 Å². The van der Waals surface area contributed by atoms with Crippen molar-refractivity contribution in [1.29, 1.82) is 0 Å². The number of nitrogens with zero attached hydrogens (tertiary/aromatic N) is 2. The quantitative estimate of drug-likeness (QED) is 0.817. The Hall–Kier alpha value is -2.33. The Kier molecular flexibility index (Phi) is 4.53. The number of alkyl halides is 5. The van der Waals surface area contributed by atoms with Gasteiger partial charge in [0.2, 0.25) is 0 Å². The van der Waals surface area contributed by atoms with Crippen LogP contribution in [0.2, 0.25) is 0 Å². The number of rotatable bonds is 4. The SMILES string of the molecule is O=C(O)c1cnc(CNC(=O)C(F)(F)F)nc1C(F)F. The Morgan fingerprint density at radius 2 is 1.95 bits per heavy atom. The number of hydrogen-bond acceptors (Lipinski definition) is 4. The van der Waals surface area contributed by atoms with E-state index in [1.165, 1.54) is 5.32 Å². The Morgan fingerprint density at radius 1 is 1.35 bits per heavy atom. The van der Waals surface area contributed by atoms with Crippen molar-refractivity contribution < 1.29 is 36.6 Å². The summed E-state index contributed by atoms with van der Waals surface area (Å²) in [6.45, 7) is -0.863. The molecular formula is C9H6F5N3O3. The third-order valence-electron chi connectivity index (χ3n) is 1.97. The fraction of sp³-hybridized carbons (Fsp3) is 0.333. The maximum atomic E-state index is 12.5. The molecule has 0 radical (unpaired) electrons. The molecule has 20 heavy (non-hydrogen) atoms. The molecule has 0 bridgehead atoms. The summed E-state index contributed by atoms with van der Waals surface area (Å²) in [5, 5.41) is 9.97. The van der Waals surface area contributed by atoms with Gasteiger partial charge in [-0.3, -0.25) is 4.79 Å². The average molecular weight is 299 g/mol. The number of amides is 1. The molecule has 0 atom stereocenters. The van der Waals surface area contributed by atoms with Crippen LogP contribution in [-0.4, -0.2) is 33.1 Å². The standard InChI is InChI=1S/C9H6F5N3O3/c10-6(11)5-3(7(18)19)1-15-4(17-5)2-16-8(20)9(12,13)14/h1,6H,2H2,(H,16,20)(H,18,19). The van der Waals surface area contributed by atoms with Crippen LogP contribution >= 0.6 is 0 Å². The third-order valence-corrected chi connectivity index (χ3v) is 1.97. The Balaban J connectivity index is 2.91. The molecule has 1 aromatic heterocycles. The number of aromatic carboxylic acids is 1. The molecule has 0 fully saturated rings. The monoisotopic (exact) mass is 299 g/mol. The zero-order chi connectivity index (χ0) is 15.5. The molecule has 110 valence electrons. The lowest BCUT2D eigenvalue weighted by Gasteiger charge is -2.09. The van der Waals surface area contributed by atoms with E-state index < -0.39 is 48.1 Å². The molecule has 1 amide bonds. The molecule has 0 aliphatic carbocycles. The van der Waals surface area contributed by atoms with Crippen molar-refractivity contribution in [2.45, 2.75) is 19.1 Å². The predicted octanol–water partition coefficient (Wildman–Crippen LogP) is 1.29. The number of carbonyl (C=O) groups excluding carboxylic acids is 1. The normalized spacial score (nSPS) is 11.5. The second-order valence-electron chi connectivity index (χ2n) is 3.37. The van der Waals surface area contributed by atoms with Gasteiger partial charge < -0.3 is 10.4 Å². The first-order valence-corrected chi connectivity index (χ1v) is 4.85. The van der Waals surface area contributed by atoms with Crippen LogP contribution in [0.4, 0.5) is 22.0 Å². The van der Waals surface area contributed by atoms with Crippen LogP contribution in [0.5, 0.6) is 0 Å². The van der Waals surface area contributed by atoms with Crippen molar-refractivity contribution in [3.8, 4) is 0 Å². The average Bonchev–Trinajstić information content (AvgIpc) is 2.34. The van der Waals surface area contributed by atoms with Gasteiger partial charge in [-0.15, -0.1) is 0 Å². The number of carboxylic acids is 1. The van der Waals surface area contributed by atoms with Crippen molar-refractivity contribution in [2.75, 3.05) is 0 Å². The smallest absolute Gasteiger partial charge is 0.471 e. The van der Waals surface area contributed by atoms with Crippen LogP contribution in [0.3, 0.4) is 0 Å². The topological polar surface area (TPSA) is 92.2 Å². The van der Waals surface area contributed by atoms with Gasteiger partial charge in [-0.2, -0.15) is 13.2 Å². The predicted molar refractivity (Wildman–Crippen MR) is 51.8 cm³/mol. The van der Waals surface area contributed by atoms with E-state index in [0.717, 1.165) is 0 Å². The van der Waals surface area contributed by atoms with E-state index in [1.807, 2.05) is 0 Å². The van der Waals surface area contributed by atoms with Gasteiger partial charge in [0.25, 0.3) is 6.43 Å². The molecule has 0 saturated heterocycles. The van der Waals surface area contributed by atoms with Gasteiger partial charge in [-0.1, -0.05) is 0 Å². The zero-order valence-electron chi connectivity index (χ0n) is 9.41. The summed E-state index contributed by atoms with van der Waals surface area (Å²) in [6, 6.07) is 0. The number of carbonyl (C=O) groups is 2. The zero-order valence-corrected chi connectivity index (χ0v) is 9.41. The minimum Gasteiger partial charge on any atom is -0.478 e. The number of carboxylic acid groups (broad SMARTS) is 1. The van der Waals surface area contributed by atoms with Gasteiger partial charge in [-0.05, 0) is 0 Å². The lowest BCUT2D eigenvalue weighted by molar-refractivity contribution is -0.173. The molecule has 6 nitrogen and oxygen atoms in total. The largest absolute Gasteiger partial charge is 0.478 e. The van der Waals surface area contributed by atoms with E-state index >= 15 is 0 Å². The number of aromatic nitrogens is 2. The van der Waals surface area contributed by atoms with Crippen molar-refractivity contribution in [3.63, 3.8) is 0 Å². The Labute approximate surface area is 107 Å². The summed E-state index contributed by atoms with van der Waals surface area (Å²) in [4.78, 5) is 27.5. The lowest BCUT2D eigenvalue weighted by Crippen LogP contribution is -2.36. The highest BCUT2D eigenvalue weighted by Crippen LogP contribution is 2.20. The van der Waals surface area contributed by atoms with E-state index in [-0.39, 0.29) is 0 Å². The van der Waals surface area contributed by atoms with Gasteiger partial charge in [0.05, 0.1) is 6.54 Å². The first-order valence-electron chi connectivity index (χ1n) is 4.85. The summed E-state index contributed by atoms with van der Waals surface area (Å²) in [5.74, 6) is -4.56. The summed E-state index contributed by atoms with van der Waals surface area (Å²) >= 11 is 0. The van der Waals surface area contributed by atoms with Crippen LogP contribution in [-0.2, 0) is 11.3 Å².